The summed E-state index contributed by atoms with van der Waals surface area (Å²) in [6, 6.07) is 5.62. The lowest BCUT2D eigenvalue weighted by Gasteiger charge is -2.20. The highest BCUT2D eigenvalue weighted by Crippen LogP contribution is 2.39. The molecule has 1 atom stereocenters. The average Bonchev–Trinajstić information content (AvgIpc) is 3.05. The molecular weight excluding hydrogens is 274 g/mol. The highest BCUT2D eigenvalue weighted by molar-refractivity contribution is 5.67. The third-order valence-corrected chi connectivity index (χ3v) is 3.45. The van der Waals surface area contributed by atoms with Crippen LogP contribution in [0.2, 0.25) is 0 Å². The minimum atomic E-state index is -0.173. The van der Waals surface area contributed by atoms with Crippen molar-refractivity contribution >= 4 is 0 Å². The zero-order valence-corrected chi connectivity index (χ0v) is 11.4. The average molecular weight is 289 g/mol. The van der Waals surface area contributed by atoms with Gasteiger partial charge in [-0.05, 0) is 12.1 Å². The number of nitrogens with one attached hydrogen (secondary N) is 1. The second kappa shape index (κ2) is 5.34. The van der Waals surface area contributed by atoms with Crippen molar-refractivity contribution in [3.8, 4) is 23.0 Å². The Morgan fingerprint density at radius 3 is 3.00 bits per heavy atom. The highest BCUT2D eigenvalue weighted by Gasteiger charge is 2.25. The van der Waals surface area contributed by atoms with E-state index in [0.717, 1.165) is 12.1 Å². The number of hydrogen-bond acceptors (Lipinski definition) is 7. The number of morpholine rings is 1. The zero-order valence-electron chi connectivity index (χ0n) is 11.4. The molecule has 1 aromatic carbocycles. The second-order valence-electron chi connectivity index (χ2n) is 4.85. The van der Waals surface area contributed by atoms with E-state index in [9.17, 15) is 0 Å². The van der Waals surface area contributed by atoms with Crippen molar-refractivity contribution in [2.24, 2.45) is 0 Å². The van der Waals surface area contributed by atoms with Gasteiger partial charge in [-0.25, -0.2) is 0 Å². The first kappa shape index (κ1) is 12.6. The minimum Gasteiger partial charge on any atom is -0.486 e. The Morgan fingerprint density at radius 1 is 1.14 bits per heavy atom. The Labute approximate surface area is 121 Å². The molecule has 2 aliphatic rings. The van der Waals surface area contributed by atoms with Gasteiger partial charge in [-0.2, -0.15) is 4.98 Å². The minimum absolute atomic E-state index is 0.173. The Bertz CT molecular complexity index is 637. The van der Waals surface area contributed by atoms with E-state index in [0.29, 0.717) is 49.6 Å². The fourth-order valence-electron chi connectivity index (χ4n) is 2.45. The zero-order chi connectivity index (χ0) is 14.1. The maximum absolute atomic E-state index is 5.67. The third kappa shape index (κ3) is 2.34. The van der Waals surface area contributed by atoms with Crippen molar-refractivity contribution in [1.82, 2.24) is 15.5 Å². The van der Waals surface area contributed by atoms with E-state index in [1.54, 1.807) is 0 Å². The van der Waals surface area contributed by atoms with Gasteiger partial charge in [-0.3, -0.25) is 0 Å². The van der Waals surface area contributed by atoms with Crippen molar-refractivity contribution in [3.05, 3.63) is 24.0 Å². The van der Waals surface area contributed by atoms with Crippen molar-refractivity contribution in [2.45, 2.75) is 6.10 Å². The highest BCUT2D eigenvalue weighted by atomic mass is 16.6. The number of ether oxygens (including phenoxy) is 3. The Balaban J connectivity index is 1.66. The van der Waals surface area contributed by atoms with Crippen molar-refractivity contribution < 1.29 is 18.7 Å². The summed E-state index contributed by atoms with van der Waals surface area (Å²) in [5.74, 6) is 2.32. The second-order valence-corrected chi connectivity index (χ2v) is 4.85. The van der Waals surface area contributed by atoms with Crippen LogP contribution in [0.15, 0.2) is 22.7 Å². The smallest absolute Gasteiger partial charge is 0.261 e. The van der Waals surface area contributed by atoms with E-state index in [-0.39, 0.29) is 6.10 Å². The lowest BCUT2D eigenvalue weighted by molar-refractivity contribution is 0.0208. The van der Waals surface area contributed by atoms with Gasteiger partial charge in [0.05, 0.1) is 12.2 Å². The van der Waals surface area contributed by atoms with Crippen molar-refractivity contribution in [3.63, 3.8) is 0 Å². The predicted octanol–water partition coefficient (Wildman–Crippen LogP) is 1.17. The van der Waals surface area contributed by atoms with Crippen LogP contribution in [0, 0.1) is 0 Å². The third-order valence-electron chi connectivity index (χ3n) is 3.45. The normalized spacial score (nSPS) is 21.2. The van der Waals surface area contributed by atoms with Gasteiger partial charge in [-0.15, -0.1) is 0 Å². The Morgan fingerprint density at radius 2 is 2.10 bits per heavy atom. The predicted molar refractivity (Wildman–Crippen MR) is 72.3 cm³/mol. The van der Waals surface area contributed by atoms with E-state index in [1.165, 1.54) is 0 Å². The SMILES string of the molecule is c1cc2c(c(-c3nc(C4CNCCO4)no3)c1)OCCO2. The topological polar surface area (TPSA) is 78.6 Å². The standard InChI is InChI=1S/C14H15N3O4/c1-2-9(12-10(3-1)19-6-7-20-12)14-16-13(17-21-14)11-8-15-4-5-18-11/h1-3,11,15H,4-8H2. The molecule has 0 amide bonds. The molecule has 21 heavy (non-hydrogen) atoms. The van der Waals surface area contributed by atoms with Gasteiger partial charge in [0.1, 0.15) is 19.3 Å². The summed E-state index contributed by atoms with van der Waals surface area (Å²) in [6.45, 7) is 3.24. The maximum atomic E-state index is 5.67. The van der Waals surface area contributed by atoms with Gasteiger partial charge in [-0.1, -0.05) is 11.2 Å². The number of hydrogen-bond donors (Lipinski definition) is 1. The van der Waals surface area contributed by atoms with E-state index in [4.69, 9.17) is 18.7 Å². The van der Waals surface area contributed by atoms with Gasteiger partial charge in [0.2, 0.25) is 5.82 Å². The molecule has 3 heterocycles. The van der Waals surface area contributed by atoms with E-state index >= 15 is 0 Å². The van der Waals surface area contributed by atoms with E-state index in [2.05, 4.69) is 15.5 Å². The number of rotatable bonds is 2. The monoisotopic (exact) mass is 289 g/mol. The molecule has 0 spiro atoms. The van der Waals surface area contributed by atoms with Crippen LogP contribution < -0.4 is 14.8 Å². The molecule has 2 aromatic rings. The molecule has 4 rings (SSSR count). The molecule has 1 saturated heterocycles. The lowest BCUT2D eigenvalue weighted by Crippen LogP contribution is -2.33. The van der Waals surface area contributed by atoms with Crippen LogP contribution in [-0.2, 0) is 4.74 Å². The summed E-state index contributed by atoms with van der Waals surface area (Å²) in [6.07, 6.45) is -0.173. The molecular formula is C14H15N3O4. The molecule has 7 heteroatoms. The molecule has 0 bridgehead atoms. The first-order valence-corrected chi connectivity index (χ1v) is 6.97. The fourth-order valence-corrected chi connectivity index (χ4v) is 2.45. The summed E-state index contributed by atoms with van der Waals surface area (Å²) in [5.41, 5.74) is 0.745. The van der Waals surface area contributed by atoms with Crippen molar-refractivity contribution in [2.75, 3.05) is 32.9 Å². The van der Waals surface area contributed by atoms with E-state index < -0.39 is 0 Å². The van der Waals surface area contributed by atoms with Gasteiger partial charge >= 0.3 is 0 Å². The molecule has 0 aliphatic carbocycles. The van der Waals surface area contributed by atoms with Crippen LogP contribution in [0.1, 0.15) is 11.9 Å². The summed E-state index contributed by atoms with van der Waals surface area (Å²) >= 11 is 0. The molecule has 1 aromatic heterocycles. The van der Waals surface area contributed by atoms with Gasteiger partial charge < -0.3 is 24.1 Å². The van der Waals surface area contributed by atoms with Crippen LogP contribution in [0.25, 0.3) is 11.5 Å². The maximum Gasteiger partial charge on any atom is 0.261 e. The van der Waals surface area contributed by atoms with Crippen LogP contribution >= 0.6 is 0 Å². The largest absolute Gasteiger partial charge is 0.486 e. The molecule has 7 nitrogen and oxygen atoms in total. The number of nitrogens with zero attached hydrogens (tertiary/aromatic N) is 2. The molecule has 1 unspecified atom stereocenters. The van der Waals surface area contributed by atoms with Crippen molar-refractivity contribution in [1.29, 1.82) is 0 Å². The quantitative estimate of drug-likeness (QED) is 0.889. The number of aromatic nitrogens is 2. The Kier molecular flexibility index (Phi) is 3.21. The Hall–Kier alpha value is -2.12. The van der Waals surface area contributed by atoms with Crippen LogP contribution in [-0.4, -0.2) is 43.1 Å². The number of para-hydroxylation sites is 1. The summed E-state index contributed by atoms with van der Waals surface area (Å²) in [5, 5.41) is 7.26. The summed E-state index contributed by atoms with van der Waals surface area (Å²) in [4.78, 5) is 4.43. The first-order valence-electron chi connectivity index (χ1n) is 6.97. The molecule has 0 saturated carbocycles. The fraction of sp³-hybridized carbons (Fsp3) is 0.429. The summed E-state index contributed by atoms with van der Waals surface area (Å²) in [7, 11) is 0. The first-order chi connectivity index (χ1) is 10.4. The number of benzene rings is 1. The lowest BCUT2D eigenvalue weighted by atomic mass is 10.1. The molecule has 2 aliphatic heterocycles. The van der Waals surface area contributed by atoms with Gasteiger partial charge in [0, 0.05) is 13.1 Å². The summed E-state index contributed by atoms with van der Waals surface area (Å²) < 4.78 is 22.2. The van der Waals surface area contributed by atoms with Gasteiger partial charge in [0.25, 0.3) is 5.89 Å². The molecule has 110 valence electrons. The van der Waals surface area contributed by atoms with Crippen LogP contribution in [0.3, 0.4) is 0 Å². The van der Waals surface area contributed by atoms with Crippen LogP contribution in [0.5, 0.6) is 11.5 Å². The number of fused-ring (bicyclic) bond motifs is 1. The van der Waals surface area contributed by atoms with Gasteiger partial charge in [0.15, 0.2) is 11.5 Å². The van der Waals surface area contributed by atoms with E-state index in [1.807, 2.05) is 18.2 Å². The molecule has 0 radical (unpaired) electrons. The molecule has 1 fully saturated rings. The molecule has 1 N–H and O–H groups in total. The van der Waals surface area contributed by atoms with Crippen LogP contribution in [0.4, 0.5) is 0 Å².